The molecule has 3 N–H and O–H groups in total. The number of esters is 1. The Hall–Kier alpha value is -1.40. The van der Waals surface area contributed by atoms with Crippen LogP contribution in [0.15, 0.2) is 12.2 Å². The Balaban J connectivity index is 3.51. The Morgan fingerprint density at radius 2 is 0.870 bits per heavy atom. The van der Waals surface area contributed by atoms with E-state index in [4.69, 9.17) is 4.74 Å². The Labute approximate surface area is 336 Å². The highest BCUT2D eigenvalue weighted by atomic mass is 16.5. The molecular weight excluding hydrogens is 671 g/mol. The molecule has 2 atom stereocenters. The Kier molecular flexibility index (Phi) is 43.2. The molecule has 0 bridgehead atoms. The van der Waals surface area contributed by atoms with Crippen molar-refractivity contribution in [2.45, 2.75) is 270 Å². The molecule has 0 saturated carbocycles. The third-order valence-corrected chi connectivity index (χ3v) is 11.1. The monoisotopic (exact) mass is 764 g/mol. The molecule has 6 nitrogen and oxygen atoms in total. The van der Waals surface area contributed by atoms with Crippen LogP contribution in [0.1, 0.15) is 258 Å². The predicted molar refractivity (Wildman–Crippen MR) is 232 cm³/mol. The number of carbonyl (C=O) groups is 2. The highest BCUT2D eigenvalue weighted by Gasteiger charge is 2.20. The molecular formula is C48H93NO5. The van der Waals surface area contributed by atoms with Gasteiger partial charge < -0.3 is 20.3 Å². The largest absolute Gasteiger partial charge is 0.466 e. The fourth-order valence-electron chi connectivity index (χ4n) is 7.34. The predicted octanol–water partition coefficient (Wildman–Crippen LogP) is 13.8. The van der Waals surface area contributed by atoms with Crippen LogP contribution < -0.4 is 5.32 Å². The van der Waals surface area contributed by atoms with Crippen LogP contribution in [0.25, 0.3) is 0 Å². The maximum absolute atomic E-state index is 12.4. The topological polar surface area (TPSA) is 95.9 Å². The molecule has 2 unspecified atom stereocenters. The van der Waals surface area contributed by atoms with Crippen molar-refractivity contribution in [1.82, 2.24) is 5.32 Å². The van der Waals surface area contributed by atoms with E-state index >= 15 is 0 Å². The van der Waals surface area contributed by atoms with Gasteiger partial charge in [-0.05, 0) is 57.8 Å². The van der Waals surface area contributed by atoms with Crippen molar-refractivity contribution in [1.29, 1.82) is 0 Å². The van der Waals surface area contributed by atoms with Crippen molar-refractivity contribution in [2.24, 2.45) is 0 Å². The quantitative estimate of drug-likeness (QED) is 0.0326. The number of nitrogens with one attached hydrogen (secondary N) is 1. The fourth-order valence-corrected chi connectivity index (χ4v) is 7.34. The number of carbonyl (C=O) groups excluding carboxylic acids is 2. The van der Waals surface area contributed by atoms with Crippen LogP contribution in [0, 0.1) is 0 Å². The van der Waals surface area contributed by atoms with Gasteiger partial charge in [-0.3, -0.25) is 9.59 Å². The highest BCUT2D eigenvalue weighted by molar-refractivity contribution is 5.76. The van der Waals surface area contributed by atoms with Gasteiger partial charge in [0.05, 0.1) is 25.4 Å². The molecule has 0 spiro atoms. The van der Waals surface area contributed by atoms with Gasteiger partial charge >= 0.3 is 5.97 Å². The molecule has 0 rings (SSSR count). The van der Waals surface area contributed by atoms with Crippen molar-refractivity contribution >= 4 is 11.9 Å². The Morgan fingerprint density at radius 3 is 1.31 bits per heavy atom. The van der Waals surface area contributed by atoms with Crippen molar-refractivity contribution in [3.63, 3.8) is 0 Å². The molecule has 0 radical (unpaired) electrons. The van der Waals surface area contributed by atoms with Crippen LogP contribution in [0.5, 0.6) is 0 Å². The maximum Gasteiger partial charge on any atom is 0.305 e. The van der Waals surface area contributed by atoms with Gasteiger partial charge in [0.2, 0.25) is 5.91 Å². The smallest absolute Gasteiger partial charge is 0.305 e. The molecule has 0 saturated heterocycles. The van der Waals surface area contributed by atoms with Gasteiger partial charge in [-0.15, -0.1) is 0 Å². The molecule has 6 heteroatoms. The van der Waals surface area contributed by atoms with Crippen LogP contribution in [0.2, 0.25) is 0 Å². The summed E-state index contributed by atoms with van der Waals surface area (Å²) in [7, 11) is 0. The van der Waals surface area contributed by atoms with Gasteiger partial charge in [0, 0.05) is 12.8 Å². The lowest BCUT2D eigenvalue weighted by Gasteiger charge is -2.22. The summed E-state index contributed by atoms with van der Waals surface area (Å²) in [5, 5.41) is 23.1. The van der Waals surface area contributed by atoms with E-state index in [0.29, 0.717) is 25.9 Å². The van der Waals surface area contributed by atoms with E-state index in [1.807, 2.05) is 0 Å². The number of amides is 1. The molecule has 0 aliphatic carbocycles. The standard InChI is InChI=1S/C48H93NO5/c1-3-5-7-9-11-13-15-17-20-24-28-32-36-40-46(51)45(44-50)49-47(52)41-37-33-29-25-21-18-19-23-27-31-35-39-43-54-48(53)42-38-34-30-26-22-16-14-12-10-8-6-4-2/h19,23,45-46,50-51H,3-18,20-22,24-44H2,1-2H3,(H,49,52)/b23-19-. The molecule has 1 amide bonds. The summed E-state index contributed by atoms with van der Waals surface area (Å²) in [5.41, 5.74) is 0. The van der Waals surface area contributed by atoms with Gasteiger partial charge in [-0.25, -0.2) is 0 Å². The summed E-state index contributed by atoms with van der Waals surface area (Å²) < 4.78 is 5.43. The fraction of sp³-hybridized carbons (Fsp3) is 0.917. The van der Waals surface area contributed by atoms with Gasteiger partial charge in [-0.2, -0.15) is 0 Å². The zero-order valence-corrected chi connectivity index (χ0v) is 36.2. The summed E-state index contributed by atoms with van der Waals surface area (Å²) in [6.45, 7) is 4.88. The zero-order valence-electron chi connectivity index (χ0n) is 36.2. The minimum absolute atomic E-state index is 0.0222. The van der Waals surface area contributed by atoms with Crippen LogP contribution in [0.4, 0.5) is 0 Å². The lowest BCUT2D eigenvalue weighted by molar-refractivity contribution is -0.143. The number of allylic oxidation sites excluding steroid dienone is 2. The van der Waals surface area contributed by atoms with Crippen LogP contribution in [-0.2, 0) is 14.3 Å². The van der Waals surface area contributed by atoms with Gasteiger partial charge in [0.15, 0.2) is 0 Å². The first-order valence-electron chi connectivity index (χ1n) is 23.9. The maximum atomic E-state index is 12.4. The van der Waals surface area contributed by atoms with Crippen LogP contribution >= 0.6 is 0 Å². The summed E-state index contributed by atoms with van der Waals surface area (Å²) in [5.74, 6) is -0.0830. The number of rotatable bonds is 44. The van der Waals surface area contributed by atoms with Gasteiger partial charge in [-0.1, -0.05) is 199 Å². The summed E-state index contributed by atoms with van der Waals surface area (Å²) >= 11 is 0. The number of hydrogen-bond donors (Lipinski definition) is 3. The molecule has 0 aromatic heterocycles. The molecule has 0 heterocycles. The second kappa shape index (κ2) is 44.3. The number of unbranched alkanes of at least 4 members (excludes halogenated alkanes) is 31. The molecule has 0 aliphatic heterocycles. The number of aliphatic hydroxyl groups is 2. The van der Waals surface area contributed by atoms with Crippen LogP contribution in [-0.4, -0.2) is 47.4 Å². The molecule has 54 heavy (non-hydrogen) atoms. The van der Waals surface area contributed by atoms with Crippen LogP contribution in [0.3, 0.4) is 0 Å². The van der Waals surface area contributed by atoms with Crippen molar-refractivity contribution < 1.29 is 24.5 Å². The average Bonchev–Trinajstić information content (AvgIpc) is 3.17. The number of hydrogen-bond acceptors (Lipinski definition) is 5. The van der Waals surface area contributed by atoms with E-state index in [1.165, 1.54) is 148 Å². The minimum atomic E-state index is -0.678. The van der Waals surface area contributed by atoms with E-state index in [0.717, 1.165) is 77.0 Å². The Bertz CT molecular complexity index is 802. The number of ether oxygens (including phenoxy) is 1. The van der Waals surface area contributed by atoms with E-state index in [9.17, 15) is 19.8 Å². The normalized spacial score (nSPS) is 12.7. The first kappa shape index (κ1) is 52.6. The molecule has 0 aliphatic rings. The van der Waals surface area contributed by atoms with Gasteiger partial charge in [0.1, 0.15) is 0 Å². The Morgan fingerprint density at radius 1 is 0.500 bits per heavy atom. The second-order valence-electron chi connectivity index (χ2n) is 16.4. The summed E-state index contributed by atoms with van der Waals surface area (Å²) in [4.78, 5) is 24.4. The lowest BCUT2D eigenvalue weighted by Crippen LogP contribution is -2.45. The average molecular weight is 764 g/mol. The van der Waals surface area contributed by atoms with Gasteiger partial charge in [0.25, 0.3) is 0 Å². The second-order valence-corrected chi connectivity index (χ2v) is 16.4. The van der Waals surface area contributed by atoms with E-state index in [1.54, 1.807) is 0 Å². The SMILES string of the molecule is CCCCCCCCCCCCCCCC(O)C(CO)NC(=O)CCCCCCC/C=C\CCCCCOC(=O)CCCCCCCCCCCCCC. The zero-order chi connectivity index (χ0) is 39.4. The van der Waals surface area contributed by atoms with E-state index in [2.05, 4.69) is 31.3 Å². The molecule has 0 aromatic carbocycles. The van der Waals surface area contributed by atoms with Crippen molar-refractivity contribution in [2.75, 3.05) is 13.2 Å². The minimum Gasteiger partial charge on any atom is -0.466 e. The highest BCUT2D eigenvalue weighted by Crippen LogP contribution is 2.16. The molecule has 0 aromatic rings. The van der Waals surface area contributed by atoms with Crippen molar-refractivity contribution in [3.05, 3.63) is 12.2 Å². The van der Waals surface area contributed by atoms with E-state index < -0.39 is 12.1 Å². The molecule has 320 valence electrons. The third kappa shape index (κ3) is 40.3. The first-order valence-corrected chi connectivity index (χ1v) is 23.9. The lowest BCUT2D eigenvalue weighted by atomic mass is 10.0. The summed E-state index contributed by atoms with van der Waals surface area (Å²) in [6, 6.07) is -0.557. The summed E-state index contributed by atoms with van der Waals surface area (Å²) in [6.07, 6.45) is 48.8. The molecule has 0 fully saturated rings. The van der Waals surface area contributed by atoms with E-state index in [-0.39, 0.29) is 18.5 Å². The third-order valence-electron chi connectivity index (χ3n) is 11.1. The number of aliphatic hydroxyl groups excluding tert-OH is 2. The van der Waals surface area contributed by atoms with Crippen molar-refractivity contribution in [3.8, 4) is 0 Å². The first-order chi connectivity index (χ1) is 26.5.